The van der Waals surface area contributed by atoms with Gasteiger partial charge in [0.05, 0.1) is 7.11 Å². The van der Waals surface area contributed by atoms with E-state index in [1.807, 2.05) is 0 Å². The Morgan fingerprint density at radius 2 is 2.42 bits per heavy atom. The van der Waals surface area contributed by atoms with Crippen molar-refractivity contribution < 1.29 is 9.13 Å². The molecule has 4 nitrogen and oxygen atoms in total. The number of aromatic nitrogens is 3. The van der Waals surface area contributed by atoms with Gasteiger partial charge in [0.15, 0.2) is 5.75 Å². The Morgan fingerprint density at radius 3 is 3.17 bits per heavy atom. The zero-order valence-electron chi connectivity index (χ0n) is 6.36. The van der Waals surface area contributed by atoms with Gasteiger partial charge in [0.1, 0.15) is 6.33 Å². The molecule has 0 N–H and O–H groups in total. The van der Waals surface area contributed by atoms with E-state index in [1.165, 1.54) is 23.9 Å². The van der Waals surface area contributed by atoms with E-state index in [1.54, 1.807) is 6.20 Å². The lowest BCUT2D eigenvalue weighted by Crippen LogP contribution is -1.92. The van der Waals surface area contributed by atoms with Gasteiger partial charge in [-0.25, -0.2) is 0 Å². The van der Waals surface area contributed by atoms with Crippen LogP contribution < -0.4 is 4.74 Å². The second kappa shape index (κ2) is 2.44. The Labute approximate surface area is 67.6 Å². The van der Waals surface area contributed by atoms with E-state index in [0.29, 0.717) is 0 Å². The highest BCUT2D eigenvalue weighted by molar-refractivity contribution is 5.45. The smallest absolute Gasteiger partial charge is 0.210 e. The summed E-state index contributed by atoms with van der Waals surface area (Å²) in [6.45, 7) is 0. The van der Waals surface area contributed by atoms with Gasteiger partial charge in [-0.3, -0.25) is 4.40 Å². The SMILES string of the molecule is COc1ccn2cnnc2c1F. The van der Waals surface area contributed by atoms with Crippen molar-refractivity contribution in [1.29, 1.82) is 0 Å². The van der Waals surface area contributed by atoms with Crippen molar-refractivity contribution in [1.82, 2.24) is 14.6 Å². The number of hydrogen-bond donors (Lipinski definition) is 0. The van der Waals surface area contributed by atoms with Gasteiger partial charge in [0.2, 0.25) is 11.5 Å². The Kier molecular flexibility index (Phi) is 1.43. The van der Waals surface area contributed by atoms with E-state index in [9.17, 15) is 4.39 Å². The minimum absolute atomic E-state index is 0.175. The summed E-state index contributed by atoms with van der Waals surface area (Å²) in [5.41, 5.74) is 0.175. The second-order valence-corrected chi connectivity index (χ2v) is 2.26. The van der Waals surface area contributed by atoms with E-state index < -0.39 is 5.82 Å². The van der Waals surface area contributed by atoms with Crippen LogP contribution in [0.4, 0.5) is 4.39 Å². The normalized spacial score (nSPS) is 10.5. The highest BCUT2D eigenvalue weighted by Gasteiger charge is 2.08. The fourth-order valence-corrected chi connectivity index (χ4v) is 0.998. The summed E-state index contributed by atoms with van der Waals surface area (Å²) in [7, 11) is 1.41. The van der Waals surface area contributed by atoms with Gasteiger partial charge in [0, 0.05) is 12.3 Å². The Morgan fingerprint density at radius 1 is 1.58 bits per heavy atom. The molecule has 0 aliphatic rings. The van der Waals surface area contributed by atoms with Crippen molar-refractivity contribution in [2.24, 2.45) is 0 Å². The van der Waals surface area contributed by atoms with E-state index in [0.717, 1.165) is 0 Å². The molecule has 2 aromatic heterocycles. The molecule has 0 unspecified atom stereocenters. The summed E-state index contributed by atoms with van der Waals surface area (Å²) < 4.78 is 19.5. The Bertz CT molecular complexity index is 412. The summed E-state index contributed by atoms with van der Waals surface area (Å²) in [5.74, 6) is -0.312. The fourth-order valence-electron chi connectivity index (χ4n) is 0.998. The lowest BCUT2D eigenvalue weighted by atomic mass is 10.4. The number of halogens is 1. The van der Waals surface area contributed by atoms with E-state index in [2.05, 4.69) is 10.2 Å². The van der Waals surface area contributed by atoms with Crippen molar-refractivity contribution in [3.63, 3.8) is 0 Å². The second-order valence-electron chi connectivity index (χ2n) is 2.26. The topological polar surface area (TPSA) is 39.4 Å². The quantitative estimate of drug-likeness (QED) is 0.632. The molecule has 2 heterocycles. The van der Waals surface area contributed by atoms with Gasteiger partial charge in [-0.15, -0.1) is 10.2 Å². The van der Waals surface area contributed by atoms with Gasteiger partial charge in [-0.2, -0.15) is 4.39 Å². The predicted octanol–water partition coefficient (Wildman–Crippen LogP) is 0.877. The summed E-state index contributed by atoms with van der Waals surface area (Å²) in [6, 6.07) is 1.52. The third kappa shape index (κ3) is 0.827. The molecule has 0 aliphatic carbocycles. The van der Waals surface area contributed by atoms with Crippen LogP contribution in [-0.4, -0.2) is 21.7 Å². The van der Waals surface area contributed by atoms with Crippen LogP contribution in [0, 0.1) is 5.82 Å². The molecule has 0 bridgehead atoms. The Hall–Kier alpha value is -1.65. The van der Waals surface area contributed by atoms with Crippen molar-refractivity contribution in [2.45, 2.75) is 0 Å². The zero-order chi connectivity index (χ0) is 8.55. The summed E-state index contributed by atoms with van der Waals surface area (Å²) in [6.07, 6.45) is 3.06. The first kappa shape index (κ1) is 7.02. The third-order valence-corrected chi connectivity index (χ3v) is 1.59. The summed E-state index contributed by atoms with van der Waals surface area (Å²) in [5, 5.41) is 7.14. The molecule has 0 amide bonds. The maximum Gasteiger partial charge on any atom is 0.210 e. The largest absolute Gasteiger partial charge is 0.493 e. The molecule has 12 heavy (non-hydrogen) atoms. The first-order chi connectivity index (χ1) is 5.83. The molecule has 2 rings (SSSR count). The molecule has 5 heteroatoms. The standard InChI is InChI=1S/C7H6FN3O/c1-12-5-2-3-11-4-9-10-7(11)6(5)8/h2-4H,1H3. The van der Waals surface area contributed by atoms with Crippen LogP contribution in [0.2, 0.25) is 0 Å². The number of methoxy groups -OCH3 is 1. The van der Waals surface area contributed by atoms with Crippen LogP contribution in [0.1, 0.15) is 0 Å². The van der Waals surface area contributed by atoms with Gasteiger partial charge >= 0.3 is 0 Å². The fraction of sp³-hybridized carbons (Fsp3) is 0.143. The molecule has 0 aromatic carbocycles. The molecule has 0 atom stereocenters. The number of pyridine rings is 1. The van der Waals surface area contributed by atoms with Crippen LogP contribution in [0.25, 0.3) is 5.65 Å². The summed E-state index contributed by atoms with van der Waals surface area (Å²) >= 11 is 0. The molecular weight excluding hydrogens is 161 g/mol. The average molecular weight is 167 g/mol. The van der Waals surface area contributed by atoms with Gasteiger partial charge in [-0.05, 0) is 0 Å². The number of ether oxygens (including phenoxy) is 1. The van der Waals surface area contributed by atoms with Gasteiger partial charge in [0.25, 0.3) is 0 Å². The van der Waals surface area contributed by atoms with Gasteiger partial charge in [-0.1, -0.05) is 0 Å². The Balaban J connectivity index is 2.78. The first-order valence-corrected chi connectivity index (χ1v) is 3.35. The monoisotopic (exact) mass is 167 g/mol. The van der Waals surface area contributed by atoms with E-state index in [-0.39, 0.29) is 11.4 Å². The molecule has 0 fully saturated rings. The molecule has 0 saturated heterocycles. The van der Waals surface area contributed by atoms with E-state index in [4.69, 9.17) is 4.74 Å². The van der Waals surface area contributed by atoms with Crippen LogP contribution >= 0.6 is 0 Å². The van der Waals surface area contributed by atoms with Crippen molar-refractivity contribution in [2.75, 3.05) is 7.11 Å². The van der Waals surface area contributed by atoms with Crippen LogP contribution in [0.3, 0.4) is 0 Å². The van der Waals surface area contributed by atoms with Crippen molar-refractivity contribution in [3.8, 4) is 5.75 Å². The minimum atomic E-state index is -0.488. The molecule has 62 valence electrons. The number of rotatable bonds is 1. The number of fused-ring (bicyclic) bond motifs is 1. The van der Waals surface area contributed by atoms with Crippen molar-refractivity contribution in [3.05, 3.63) is 24.4 Å². The predicted molar refractivity (Wildman–Crippen MR) is 39.5 cm³/mol. The van der Waals surface area contributed by atoms with Crippen LogP contribution in [0.5, 0.6) is 5.75 Å². The van der Waals surface area contributed by atoms with Gasteiger partial charge < -0.3 is 4.74 Å². The third-order valence-electron chi connectivity index (χ3n) is 1.59. The molecule has 0 spiro atoms. The molecule has 0 radical (unpaired) electrons. The van der Waals surface area contributed by atoms with Crippen LogP contribution in [0.15, 0.2) is 18.6 Å². The summed E-state index contributed by atoms with van der Waals surface area (Å²) in [4.78, 5) is 0. The average Bonchev–Trinajstić information content (AvgIpc) is 2.53. The molecule has 0 saturated carbocycles. The lowest BCUT2D eigenvalue weighted by Gasteiger charge is -2.00. The number of hydrogen-bond acceptors (Lipinski definition) is 3. The van der Waals surface area contributed by atoms with E-state index >= 15 is 0 Å². The maximum atomic E-state index is 13.3. The van der Waals surface area contributed by atoms with Crippen LogP contribution in [-0.2, 0) is 0 Å². The maximum absolute atomic E-state index is 13.3. The minimum Gasteiger partial charge on any atom is -0.493 e. The molecular formula is C7H6FN3O. The van der Waals surface area contributed by atoms with Crippen molar-refractivity contribution >= 4 is 5.65 Å². The zero-order valence-corrected chi connectivity index (χ0v) is 6.36. The first-order valence-electron chi connectivity index (χ1n) is 3.35. The molecule has 0 aliphatic heterocycles. The number of nitrogens with zero attached hydrogens (tertiary/aromatic N) is 3. The highest BCUT2D eigenvalue weighted by atomic mass is 19.1. The highest BCUT2D eigenvalue weighted by Crippen LogP contribution is 2.18. The molecule has 2 aromatic rings. The lowest BCUT2D eigenvalue weighted by molar-refractivity contribution is 0.387.